The van der Waals surface area contributed by atoms with E-state index in [2.05, 4.69) is 42.6 Å². The van der Waals surface area contributed by atoms with Crippen LogP contribution in [0.15, 0.2) is 42.5 Å². The molecule has 0 saturated carbocycles. The first kappa shape index (κ1) is 15.1. The van der Waals surface area contributed by atoms with Gasteiger partial charge in [-0.2, -0.15) is 5.26 Å². The van der Waals surface area contributed by atoms with E-state index in [4.69, 9.17) is 10.00 Å². The summed E-state index contributed by atoms with van der Waals surface area (Å²) in [6.45, 7) is 3.73. The minimum Gasteiger partial charge on any atom is -0.495 e. The molecule has 108 valence electrons. The molecule has 1 N–H and O–H groups in total. The van der Waals surface area contributed by atoms with Crippen molar-refractivity contribution in [3.63, 3.8) is 0 Å². The highest BCUT2D eigenvalue weighted by atomic mass is 16.5. The van der Waals surface area contributed by atoms with Gasteiger partial charge in [0, 0.05) is 13.1 Å². The third-order valence-corrected chi connectivity index (χ3v) is 3.53. The number of hydrogen-bond acceptors (Lipinski definition) is 3. The molecule has 0 amide bonds. The Balaban J connectivity index is 1.99. The molecule has 3 nitrogen and oxygen atoms in total. The van der Waals surface area contributed by atoms with E-state index in [1.165, 1.54) is 11.1 Å². The summed E-state index contributed by atoms with van der Waals surface area (Å²) in [7, 11) is 1.58. The molecule has 21 heavy (non-hydrogen) atoms. The zero-order valence-electron chi connectivity index (χ0n) is 12.5. The van der Waals surface area contributed by atoms with Crippen molar-refractivity contribution in [3.05, 3.63) is 64.7 Å². The highest BCUT2D eigenvalue weighted by Crippen LogP contribution is 2.18. The first-order valence-electron chi connectivity index (χ1n) is 7.13. The van der Waals surface area contributed by atoms with Crippen LogP contribution >= 0.6 is 0 Å². The number of ether oxygens (including phenoxy) is 1. The third-order valence-electron chi connectivity index (χ3n) is 3.53. The van der Waals surface area contributed by atoms with E-state index in [0.717, 1.165) is 25.1 Å². The lowest BCUT2D eigenvalue weighted by molar-refractivity contribution is 0.413. The predicted molar refractivity (Wildman–Crippen MR) is 84.1 cm³/mol. The second-order valence-corrected chi connectivity index (χ2v) is 4.87. The molecule has 2 aromatic rings. The average Bonchev–Trinajstić information content (AvgIpc) is 2.55. The molecule has 2 aromatic carbocycles. The summed E-state index contributed by atoms with van der Waals surface area (Å²) in [6, 6.07) is 16.3. The molecular weight excluding hydrogens is 260 g/mol. The van der Waals surface area contributed by atoms with E-state index in [1.54, 1.807) is 7.11 Å². The van der Waals surface area contributed by atoms with Gasteiger partial charge in [-0.05, 0) is 35.2 Å². The van der Waals surface area contributed by atoms with Gasteiger partial charge >= 0.3 is 0 Å². The molecule has 0 saturated heterocycles. The summed E-state index contributed by atoms with van der Waals surface area (Å²) in [5.74, 6) is 0.623. The number of rotatable bonds is 6. The van der Waals surface area contributed by atoms with Crippen molar-refractivity contribution in [1.29, 1.82) is 5.26 Å². The fourth-order valence-corrected chi connectivity index (χ4v) is 2.37. The first-order chi connectivity index (χ1) is 10.3. The molecule has 0 radical (unpaired) electrons. The fourth-order valence-electron chi connectivity index (χ4n) is 2.37. The number of benzene rings is 2. The second kappa shape index (κ2) is 7.47. The molecule has 0 aliphatic carbocycles. The van der Waals surface area contributed by atoms with Gasteiger partial charge in [-0.3, -0.25) is 0 Å². The maximum atomic E-state index is 9.10. The summed E-state index contributed by atoms with van der Waals surface area (Å²) >= 11 is 0. The Morgan fingerprint density at radius 2 is 1.86 bits per heavy atom. The fraction of sp³-hybridized carbons (Fsp3) is 0.278. The van der Waals surface area contributed by atoms with E-state index in [-0.39, 0.29) is 0 Å². The lowest BCUT2D eigenvalue weighted by atomic mass is 10.1. The van der Waals surface area contributed by atoms with Crippen molar-refractivity contribution >= 4 is 0 Å². The van der Waals surface area contributed by atoms with Gasteiger partial charge in [0.05, 0.1) is 12.7 Å². The van der Waals surface area contributed by atoms with Crippen LogP contribution in [0, 0.1) is 11.3 Å². The smallest absolute Gasteiger partial charge is 0.136 e. The van der Waals surface area contributed by atoms with Gasteiger partial charge < -0.3 is 10.1 Å². The SMILES string of the molecule is CCc1ccccc1CNCc1ccc(OC)c(C#N)c1. The topological polar surface area (TPSA) is 45.0 Å². The number of nitriles is 1. The van der Waals surface area contributed by atoms with E-state index in [1.807, 2.05) is 18.2 Å². The number of hydrogen-bond donors (Lipinski definition) is 1. The molecule has 0 atom stereocenters. The second-order valence-electron chi connectivity index (χ2n) is 4.87. The zero-order valence-corrected chi connectivity index (χ0v) is 12.5. The first-order valence-corrected chi connectivity index (χ1v) is 7.13. The molecule has 2 rings (SSSR count). The van der Waals surface area contributed by atoms with Crippen LogP contribution in [0.1, 0.15) is 29.2 Å². The molecule has 0 fully saturated rings. The standard InChI is InChI=1S/C18H20N2O/c1-3-15-6-4-5-7-16(15)13-20-12-14-8-9-18(21-2)17(10-14)11-19/h4-10,20H,3,12-13H2,1-2H3. The van der Waals surface area contributed by atoms with Gasteiger partial charge in [0.2, 0.25) is 0 Å². The van der Waals surface area contributed by atoms with Crippen molar-refractivity contribution in [2.24, 2.45) is 0 Å². The van der Waals surface area contributed by atoms with Crippen LogP contribution in [0.2, 0.25) is 0 Å². The average molecular weight is 280 g/mol. The maximum absolute atomic E-state index is 9.10. The number of aryl methyl sites for hydroxylation is 1. The van der Waals surface area contributed by atoms with E-state index in [0.29, 0.717) is 11.3 Å². The van der Waals surface area contributed by atoms with Gasteiger partial charge in [0.25, 0.3) is 0 Å². The van der Waals surface area contributed by atoms with Crippen molar-refractivity contribution < 1.29 is 4.74 Å². The minimum atomic E-state index is 0.575. The van der Waals surface area contributed by atoms with E-state index >= 15 is 0 Å². The number of nitrogens with zero attached hydrogens (tertiary/aromatic N) is 1. The van der Waals surface area contributed by atoms with Crippen LogP contribution in [0.5, 0.6) is 5.75 Å². The Morgan fingerprint density at radius 1 is 1.10 bits per heavy atom. The highest BCUT2D eigenvalue weighted by Gasteiger charge is 2.04. The van der Waals surface area contributed by atoms with Crippen LogP contribution in [0.3, 0.4) is 0 Å². The molecular formula is C18H20N2O. The summed E-state index contributed by atoms with van der Waals surface area (Å²) < 4.78 is 5.15. The molecule has 0 unspecified atom stereocenters. The summed E-state index contributed by atoms with van der Waals surface area (Å²) in [5, 5.41) is 12.5. The molecule has 0 heterocycles. The minimum absolute atomic E-state index is 0.575. The van der Waals surface area contributed by atoms with E-state index in [9.17, 15) is 0 Å². The van der Waals surface area contributed by atoms with Gasteiger partial charge in [-0.1, -0.05) is 37.3 Å². The van der Waals surface area contributed by atoms with E-state index < -0.39 is 0 Å². The summed E-state index contributed by atoms with van der Waals surface area (Å²) in [6.07, 6.45) is 1.04. The summed E-state index contributed by atoms with van der Waals surface area (Å²) in [5.41, 5.74) is 4.36. The Hall–Kier alpha value is -2.31. The zero-order chi connectivity index (χ0) is 15.1. The van der Waals surface area contributed by atoms with Crippen molar-refractivity contribution in [1.82, 2.24) is 5.32 Å². The van der Waals surface area contributed by atoms with Crippen molar-refractivity contribution in [3.8, 4) is 11.8 Å². The Morgan fingerprint density at radius 3 is 2.52 bits per heavy atom. The van der Waals surface area contributed by atoms with Gasteiger partial charge in [0.1, 0.15) is 11.8 Å². The molecule has 0 spiro atoms. The lowest BCUT2D eigenvalue weighted by Gasteiger charge is -2.10. The Kier molecular flexibility index (Phi) is 5.36. The van der Waals surface area contributed by atoms with Crippen LogP contribution in [0.25, 0.3) is 0 Å². The van der Waals surface area contributed by atoms with Crippen LogP contribution in [0.4, 0.5) is 0 Å². The molecule has 0 aromatic heterocycles. The molecule has 3 heteroatoms. The van der Waals surface area contributed by atoms with Gasteiger partial charge in [-0.25, -0.2) is 0 Å². The molecule has 0 bridgehead atoms. The van der Waals surface area contributed by atoms with Crippen molar-refractivity contribution in [2.45, 2.75) is 26.4 Å². The monoisotopic (exact) mass is 280 g/mol. The van der Waals surface area contributed by atoms with Crippen LogP contribution in [-0.4, -0.2) is 7.11 Å². The third kappa shape index (κ3) is 3.84. The Bertz CT molecular complexity index is 644. The summed E-state index contributed by atoms with van der Waals surface area (Å²) in [4.78, 5) is 0. The van der Waals surface area contributed by atoms with Crippen molar-refractivity contribution in [2.75, 3.05) is 7.11 Å². The molecule has 0 aliphatic heterocycles. The largest absolute Gasteiger partial charge is 0.495 e. The lowest BCUT2D eigenvalue weighted by Crippen LogP contribution is -2.14. The van der Waals surface area contributed by atoms with Gasteiger partial charge in [0.15, 0.2) is 0 Å². The number of nitrogens with one attached hydrogen (secondary N) is 1. The van der Waals surface area contributed by atoms with Gasteiger partial charge in [-0.15, -0.1) is 0 Å². The predicted octanol–water partition coefficient (Wildman–Crippen LogP) is 3.42. The maximum Gasteiger partial charge on any atom is 0.136 e. The normalized spacial score (nSPS) is 10.1. The Labute approximate surface area is 126 Å². The molecule has 0 aliphatic rings. The van der Waals surface area contributed by atoms with Crippen LogP contribution in [-0.2, 0) is 19.5 Å². The quantitative estimate of drug-likeness (QED) is 0.882. The highest BCUT2D eigenvalue weighted by molar-refractivity contribution is 5.45. The number of methoxy groups -OCH3 is 1. The van der Waals surface area contributed by atoms with Crippen LogP contribution < -0.4 is 10.1 Å².